The maximum Gasteiger partial charge on any atom is 0.277 e. The Morgan fingerprint density at radius 3 is 2.30 bits per heavy atom. The molecule has 0 aliphatic heterocycles. The number of halogens is 3. The van der Waals surface area contributed by atoms with Gasteiger partial charge in [-0.25, -0.2) is 23.1 Å². The van der Waals surface area contributed by atoms with Gasteiger partial charge >= 0.3 is 0 Å². The van der Waals surface area contributed by atoms with Crippen molar-refractivity contribution >= 4 is 11.8 Å². The summed E-state index contributed by atoms with van der Waals surface area (Å²) in [6, 6.07) is 11.8. The van der Waals surface area contributed by atoms with E-state index in [-0.39, 0.29) is 11.3 Å². The minimum atomic E-state index is -1.50. The largest absolute Gasteiger partial charge is 0.327 e. The molecule has 4 aromatic rings. The van der Waals surface area contributed by atoms with Crippen molar-refractivity contribution in [1.82, 2.24) is 19.5 Å². The Kier molecular flexibility index (Phi) is 7.19. The smallest absolute Gasteiger partial charge is 0.277 e. The molecule has 0 bridgehead atoms. The van der Waals surface area contributed by atoms with Crippen molar-refractivity contribution in [2.75, 3.05) is 0 Å². The second-order valence-electron chi connectivity index (χ2n) is 7.37. The first-order chi connectivity index (χ1) is 16.0. The average molecular weight is 469 g/mol. The van der Waals surface area contributed by atoms with E-state index in [1.807, 2.05) is 34.9 Å². The van der Waals surface area contributed by atoms with Crippen LogP contribution >= 0.6 is 11.8 Å². The zero-order chi connectivity index (χ0) is 23.2. The highest BCUT2D eigenvalue weighted by molar-refractivity contribution is 7.98. The highest BCUT2D eigenvalue weighted by atomic mass is 32.2. The van der Waals surface area contributed by atoms with Crippen LogP contribution in [0.5, 0.6) is 0 Å². The van der Waals surface area contributed by atoms with E-state index in [0.29, 0.717) is 30.1 Å². The number of nitrogens with zero attached hydrogens (tertiary/aromatic N) is 4. The van der Waals surface area contributed by atoms with Gasteiger partial charge < -0.3 is 4.57 Å². The van der Waals surface area contributed by atoms with Gasteiger partial charge in [0.05, 0.1) is 0 Å². The third-order valence-corrected chi connectivity index (χ3v) is 6.00. The predicted molar refractivity (Wildman–Crippen MR) is 119 cm³/mol. The third kappa shape index (κ3) is 5.87. The summed E-state index contributed by atoms with van der Waals surface area (Å²) in [5.41, 5.74) is 2.25. The molecule has 0 radical (unpaired) electrons. The predicted octanol–water partition coefficient (Wildman–Crippen LogP) is 4.58. The zero-order valence-corrected chi connectivity index (χ0v) is 18.2. The van der Waals surface area contributed by atoms with Gasteiger partial charge in [0.2, 0.25) is 0 Å². The van der Waals surface area contributed by atoms with E-state index >= 15 is 0 Å². The van der Waals surface area contributed by atoms with E-state index in [1.54, 1.807) is 18.6 Å². The van der Waals surface area contributed by atoms with E-state index in [2.05, 4.69) is 15.0 Å². The molecule has 0 spiro atoms. The first-order valence-electron chi connectivity index (χ1n) is 10.1. The molecule has 2 aromatic heterocycles. The molecular weight excluding hydrogens is 449 g/mol. The van der Waals surface area contributed by atoms with Gasteiger partial charge in [0.25, 0.3) is 5.56 Å². The van der Waals surface area contributed by atoms with Crippen LogP contribution in [0.3, 0.4) is 0 Å². The standard InChI is InChI=1S/C24H19F3N4OS/c25-20-9-17(10-21(26)22(20)27)14-33-24-30-23(32)19(8-18-11-28-15-29-12-18)13-31(24)7-6-16-4-2-1-3-5-16/h1-5,9-13,15H,6-8,14H2. The second kappa shape index (κ2) is 10.4. The van der Waals surface area contributed by atoms with E-state index in [1.165, 1.54) is 6.33 Å². The van der Waals surface area contributed by atoms with E-state index < -0.39 is 23.0 Å². The summed E-state index contributed by atoms with van der Waals surface area (Å²) < 4.78 is 42.3. The maximum absolute atomic E-state index is 13.6. The molecule has 0 saturated heterocycles. The van der Waals surface area contributed by atoms with E-state index in [9.17, 15) is 18.0 Å². The summed E-state index contributed by atoms with van der Waals surface area (Å²) in [6.45, 7) is 0.546. The number of rotatable bonds is 8. The lowest BCUT2D eigenvalue weighted by Gasteiger charge is -2.14. The lowest BCUT2D eigenvalue weighted by molar-refractivity contribution is 0.446. The van der Waals surface area contributed by atoms with Crippen LogP contribution in [0.1, 0.15) is 22.3 Å². The topological polar surface area (TPSA) is 60.7 Å². The van der Waals surface area contributed by atoms with Crippen LogP contribution in [0, 0.1) is 17.5 Å². The lowest BCUT2D eigenvalue weighted by Crippen LogP contribution is -2.20. The van der Waals surface area contributed by atoms with Crippen LogP contribution in [-0.4, -0.2) is 19.5 Å². The van der Waals surface area contributed by atoms with Crippen molar-refractivity contribution in [1.29, 1.82) is 0 Å². The molecule has 0 amide bonds. The molecule has 2 aromatic carbocycles. The van der Waals surface area contributed by atoms with Gasteiger partial charge in [-0.1, -0.05) is 42.1 Å². The molecule has 0 fully saturated rings. The molecule has 0 aliphatic rings. The second-order valence-corrected chi connectivity index (χ2v) is 8.31. The molecule has 5 nitrogen and oxygen atoms in total. The number of benzene rings is 2. The zero-order valence-electron chi connectivity index (χ0n) is 17.4. The fourth-order valence-electron chi connectivity index (χ4n) is 3.29. The SMILES string of the molecule is O=c1nc(SCc2cc(F)c(F)c(F)c2)n(CCc2ccccc2)cc1Cc1cncnc1. The Labute approximate surface area is 192 Å². The highest BCUT2D eigenvalue weighted by Gasteiger charge is 2.14. The van der Waals surface area contributed by atoms with Crippen molar-refractivity contribution in [3.05, 3.63) is 117 Å². The molecule has 9 heteroatoms. The highest BCUT2D eigenvalue weighted by Crippen LogP contribution is 2.23. The summed E-state index contributed by atoms with van der Waals surface area (Å²) in [5.74, 6) is -3.88. The van der Waals surface area contributed by atoms with Crippen molar-refractivity contribution in [2.24, 2.45) is 0 Å². The Morgan fingerprint density at radius 1 is 0.909 bits per heavy atom. The fraction of sp³-hybridized carbons (Fsp3) is 0.167. The van der Waals surface area contributed by atoms with Gasteiger partial charge in [-0.15, -0.1) is 0 Å². The van der Waals surface area contributed by atoms with Gasteiger partial charge in [0.1, 0.15) is 6.33 Å². The molecule has 4 rings (SSSR count). The molecule has 168 valence electrons. The quantitative estimate of drug-likeness (QED) is 0.215. The fourth-order valence-corrected chi connectivity index (χ4v) is 4.21. The lowest BCUT2D eigenvalue weighted by atomic mass is 10.1. The molecule has 0 saturated carbocycles. The first-order valence-corrected chi connectivity index (χ1v) is 11.1. The molecule has 0 unspecified atom stereocenters. The summed E-state index contributed by atoms with van der Waals surface area (Å²) in [5, 5.41) is 0.411. The van der Waals surface area contributed by atoms with Crippen LogP contribution < -0.4 is 5.56 Å². The van der Waals surface area contributed by atoms with Crippen molar-refractivity contribution in [3.8, 4) is 0 Å². The van der Waals surface area contributed by atoms with Gasteiger partial charge in [-0.3, -0.25) is 4.79 Å². The minimum absolute atomic E-state index is 0.123. The van der Waals surface area contributed by atoms with Crippen LogP contribution in [0.2, 0.25) is 0 Å². The summed E-state index contributed by atoms with van der Waals surface area (Å²) in [6.07, 6.45) is 7.48. The first kappa shape index (κ1) is 22.7. The van der Waals surface area contributed by atoms with Gasteiger partial charge in [-0.2, -0.15) is 4.98 Å². The Hall–Kier alpha value is -3.46. The number of thioether (sulfide) groups is 1. The van der Waals surface area contributed by atoms with Gasteiger partial charge in [0.15, 0.2) is 22.6 Å². The van der Waals surface area contributed by atoms with Crippen LogP contribution in [0.4, 0.5) is 13.2 Å². The molecule has 0 aliphatic carbocycles. The van der Waals surface area contributed by atoms with Gasteiger partial charge in [-0.05, 0) is 35.2 Å². The molecule has 0 atom stereocenters. The average Bonchev–Trinajstić information content (AvgIpc) is 2.83. The minimum Gasteiger partial charge on any atom is -0.327 e. The van der Waals surface area contributed by atoms with Gasteiger partial charge in [0, 0.05) is 42.9 Å². The normalized spacial score (nSPS) is 11.0. The molecule has 2 heterocycles. The Balaban J connectivity index is 1.61. The van der Waals surface area contributed by atoms with E-state index in [4.69, 9.17) is 0 Å². The van der Waals surface area contributed by atoms with Crippen molar-refractivity contribution in [2.45, 2.75) is 30.3 Å². The van der Waals surface area contributed by atoms with Crippen molar-refractivity contribution in [3.63, 3.8) is 0 Å². The number of aryl methyl sites for hydroxylation is 2. The number of hydrogen-bond donors (Lipinski definition) is 0. The third-order valence-electron chi connectivity index (χ3n) is 4.93. The summed E-state index contributed by atoms with van der Waals surface area (Å²) >= 11 is 1.16. The van der Waals surface area contributed by atoms with Crippen LogP contribution in [-0.2, 0) is 25.1 Å². The summed E-state index contributed by atoms with van der Waals surface area (Å²) in [7, 11) is 0. The number of hydrogen-bond acceptors (Lipinski definition) is 5. The monoisotopic (exact) mass is 468 g/mol. The molecule has 33 heavy (non-hydrogen) atoms. The number of aromatic nitrogens is 4. The van der Waals surface area contributed by atoms with Crippen LogP contribution in [0.25, 0.3) is 0 Å². The Bertz CT molecular complexity index is 1280. The molecular formula is C24H19F3N4OS. The van der Waals surface area contributed by atoms with Crippen molar-refractivity contribution < 1.29 is 13.2 Å². The van der Waals surface area contributed by atoms with Crippen LogP contribution in [0.15, 0.2) is 77.3 Å². The summed E-state index contributed by atoms with van der Waals surface area (Å²) in [4.78, 5) is 24.9. The molecule has 0 N–H and O–H groups in total. The van der Waals surface area contributed by atoms with E-state index in [0.717, 1.165) is 35.0 Å². The maximum atomic E-state index is 13.6. The Morgan fingerprint density at radius 2 is 1.61 bits per heavy atom.